The van der Waals surface area contributed by atoms with Crippen LogP contribution in [0.5, 0.6) is 0 Å². The summed E-state index contributed by atoms with van der Waals surface area (Å²) in [5.41, 5.74) is 1.03. The van der Waals surface area contributed by atoms with Gasteiger partial charge in [-0.25, -0.2) is 4.79 Å². The molecule has 1 saturated carbocycles. The zero-order chi connectivity index (χ0) is 16.8. The lowest BCUT2D eigenvalue weighted by Crippen LogP contribution is -2.54. The van der Waals surface area contributed by atoms with Gasteiger partial charge in [-0.1, -0.05) is 13.8 Å². The van der Waals surface area contributed by atoms with Crippen molar-refractivity contribution in [1.82, 2.24) is 4.90 Å². The summed E-state index contributed by atoms with van der Waals surface area (Å²) in [4.78, 5) is 26.0. The van der Waals surface area contributed by atoms with E-state index in [1.165, 1.54) is 7.11 Å². The second-order valence-corrected chi connectivity index (χ2v) is 7.49. The zero-order valence-electron chi connectivity index (χ0n) is 13.8. The molecule has 2 fully saturated rings. The Morgan fingerprint density at radius 3 is 2.35 bits per heavy atom. The molecule has 0 bridgehead atoms. The standard InChI is InChI=1S/C18H23NO4/c1-17(2)9-18(11-20)10-19(8-14(17)18)15(21)12-4-6-13(7-5-12)16(22)23-3/h4-7,14,20H,8-11H2,1-3H3/t14-,18-/m1/s1. The van der Waals surface area contributed by atoms with Crippen LogP contribution < -0.4 is 0 Å². The minimum Gasteiger partial charge on any atom is -0.465 e. The lowest BCUT2D eigenvalue weighted by molar-refractivity contribution is -0.0977. The number of aliphatic hydroxyl groups is 1. The van der Waals surface area contributed by atoms with Gasteiger partial charge in [0.15, 0.2) is 0 Å². The minimum absolute atomic E-state index is 0.0422. The number of amides is 1. The van der Waals surface area contributed by atoms with E-state index in [1.54, 1.807) is 24.3 Å². The molecule has 23 heavy (non-hydrogen) atoms. The highest BCUT2D eigenvalue weighted by Crippen LogP contribution is 2.62. The lowest BCUT2D eigenvalue weighted by Gasteiger charge is -2.55. The number of carbonyl (C=O) groups is 2. The molecule has 5 nitrogen and oxygen atoms in total. The van der Waals surface area contributed by atoms with Crippen LogP contribution in [0.15, 0.2) is 24.3 Å². The second-order valence-electron chi connectivity index (χ2n) is 7.49. The first-order valence-electron chi connectivity index (χ1n) is 7.91. The van der Waals surface area contributed by atoms with Crippen LogP contribution in [-0.4, -0.2) is 48.7 Å². The van der Waals surface area contributed by atoms with Crippen LogP contribution >= 0.6 is 0 Å². The van der Waals surface area contributed by atoms with Crippen LogP contribution in [0.3, 0.4) is 0 Å². The van der Waals surface area contributed by atoms with Gasteiger partial charge in [0.1, 0.15) is 0 Å². The Hall–Kier alpha value is -1.88. The second kappa shape index (κ2) is 5.34. The van der Waals surface area contributed by atoms with Gasteiger partial charge in [-0.05, 0) is 42.0 Å². The van der Waals surface area contributed by atoms with Crippen LogP contribution in [-0.2, 0) is 4.74 Å². The van der Waals surface area contributed by atoms with Crippen molar-refractivity contribution >= 4 is 11.9 Å². The van der Waals surface area contributed by atoms with E-state index in [9.17, 15) is 14.7 Å². The summed E-state index contributed by atoms with van der Waals surface area (Å²) in [7, 11) is 1.33. The fraction of sp³-hybridized carbons (Fsp3) is 0.556. The van der Waals surface area contributed by atoms with E-state index in [2.05, 4.69) is 18.6 Å². The van der Waals surface area contributed by atoms with Gasteiger partial charge in [-0.15, -0.1) is 0 Å². The average Bonchev–Trinajstić information content (AvgIpc) is 2.89. The molecule has 2 aliphatic rings. The predicted octanol–water partition coefficient (Wildman–Crippen LogP) is 1.95. The van der Waals surface area contributed by atoms with Crippen LogP contribution in [0, 0.1) is 16.7 Å². The van der Waals surface area contributed by atoms with Gasteiger partial charge in [0.2, 0.25) is 0 Å². The van der Waals surface area contributed by atoms with Gasteiger partial charge >= 0.3 is 5.97 Å². The summed E-state index contributed by atoms with van der Waals surface area (Å²) in [6.45, 7) is 5.82. The van der Waals surface area contributed by atoms with Gasteiger partial charge in [0, 0.05) is 24.1 Å². The third-order valence-electron chi connectivity index (χ3n) is 5.55. The van der Waals surface area contributed by atoms with E-state index < -0.39 is 5.97 Å². The van der Waals surface area contributed by atoms with E-state index in [-0.39, 0.29) is 23.3 Å². The fourth-order valence-corrected chi connectivity index (χ4v) is 4.54. The largest absolute Gasteiger partial charge is 0.465 e. The number of fused-ring (bicyclic) bond motifs is 1. The Kier molecular flexibility index (Phi) is 3.71. The summed E-state index contributed by atoms with van der Waals surface area (Å²) in [6, 6.07) is 6.53. The molecule has 1 heterocycles. The predicted molar refractivity (Wildman–Crippen MR) is 85.1 cm³/mol. The fourth-order valence-electron chi connectivity index (χ4n) is 4.54. The Labute approximate surface area is 136 Å². The first-order valence-corrected chi connectivity index (χ1v) is 7.91. The summed E-state index contributed by atoms with van der Waals surface area (Å²) in [6.07, 6.45) is 0.951. The van der Waals surface area contributed by atoms with Crippen molar-refractivity contribution < 1.29 is 19.4 Å². The Morgan fingerprint density at radius 2 is 1.87 bits per heavy atom. The van der Waals surface area contributed by atoms with Crippen LogP contribution in [0.4, 0.5) is 0 Å². The molecule has 0 aromatic heterocycles. The van der Waals surface area contributed by atoms with Gasteiger partial charge in [-0.2, -0.15) is 0 Å². The molecule has 0 radical (unpaired) electrons. The maximum Gasteiger partial charge on any atom is 0.337 e. The number of carbonyl (C=O) groups excluding carboxylic acids is 2. The molecule has 3 rings (SSSR count). The highest BCUT2D eigenvalue weighted by molar-refractivity contribution is 5.96. The number of methoxy groups -OCH3 is 1. The molecule has 1 saturated heterocycles. The first-order chi connectivity index (χ1) is 10.8. The SMILES string of the molecule is COC(=O)c1ccc(C(=O)N2C[C@@H]3C(C)(C)C[C@]3(CO)C2)cc1. The maximum atomic E-state index is 12.7. The highest BCUT2D eigenvalue weighted by Gasteiger charge is 2.63. The van der Waals surface area contributed by atoms with Crippen LogP contribution in [0.25, 0.3) is 0 Å². The summed E-state index contributed by atoms with van der Waals surface area (Å²) in [5, 5.41) is 9.78. The molecule has 0 spiro atoms. The number of hydrogen-bond acceptors (Lipinski definition) is 4. The van der Waals surface area contributed by atoms with Crippen molar-refractivity contribution in [2.75, 3.05) is 26.8 Å². The molecule has 1 amide bonds. The number of ether oxygens (including phenoxy) is 1. The highest BCUT2D eigenvalue weighted by atomic mass is 16.5. The molecule has 1 aromatic rings. The van der Waals surface area contributed by atoms with Gasteiger partial charge in [0.05, 0.1) is 19.3 Å². The van der Waals surface area contributed by atoms with Gasteiger partial charge in [-0.3, -0.25) is 4.79 Å². The molecule has 124 valence electrons. The van der Waals surface area contributed by atoms with Gasteiger partial charge < -0.3 is 14.7 Å². The summed E-state index contributed by atoms with van der Waals surface area (Å²) in [5.74, 6) is -0.109. The molecule has 5 heteroatoms. The normalized spacial score (nSPS) is 28.0. The Bertz CT molecular complexity index is 637. The number of benzene rings is 1. The third kappa shape index (κ3) is 2.43. The molecule has 1 aliphatic heterocycles. The first kappa shape index (κ1) is 16.0. The molecule has 2 atom stereocenters. The number of esters is 1. The lowest BCUT2D eigenvalue weighted by atomic mass is 9.48. The summed E-state index contributed by atoms with van der Waals surface area (Å²) >= 11 is 0. The van der Waals surface area contributed by atoms with Crippen molar-refractivity contribution in [3.05, 3.63) is 35.4 Å². The number of nitrogens with zero attached hydrogens (tertiary/aromatic N) is 1. The Balaban J connectivity index is 1.76. The summed E-state index contributed by atoms with van der Waals surface area (Å²) < 4.78 is 4.66. The molecular formula is C18H23NO4. The van der Waals surface area contributed by atoms with Crippen LogP contribution in [0.2, 0.25) is 0 Å². The van der Waals surface area contributed by atoms with Crippen molar-refractivity contribution in [3.8, 4) is 0 Å². The molecule has 1 aromatic carbocycles. The van der Waals surface area contributed by atoms with Crippen molar-refractivity contribution in [2.24, 2.45) is 16.7 Å². The number of rotatable bonds is 3. The van der Waals surface area contributed by atoms with Crippen molar-refractivity contribution in [1.29, 1.82) is 0 Å². The Morgan fingerprint density at radius 1 is 1.26 bits per heavy atom. The third-order valence-corrected chi connectivity index (χ3v) is 5.55. The molecule has 1 N–H and O–H groups in total. The van der Waals surface area contributed by atoms with E-state index in [0.29, 0.717) is 30.1 Å². The van der Waals surface area contributed by atoms with E-state index in [0.717, 1.165) is 6.42 Å². The quantitative estimate of drug-likeness (QED) is 0.865. The number of aliphatic hydroxyl groups excluding tert-OH is 1. The van der Waals surface area contributed by atoms with E-state index >= 15 is 0 Å². The minimum atomic E-state index is -0.413. The van der Waals surface area contributed by atoms with E-state index in [1.807, 2.05) is 4.90 Å². The van der Waals surface area contributed by atoms with Gasteiger partial charge in [0.25, 0.3) is 5.91 Å². The molecule has 0 unspecified atom stereocenters. The smallest absolute Gasteiger partial charge is 0.337 e. The topological polar surface area (TPSA) is 66.8 Å². The number of likely N-dealkylation sites (tertiary alicyclic amines) is 1. The van der Waals surface area contributed by atoms with Crippen molar-refractivity contribution in [2.45, 2.75) is 20.3 Å². The monoisotopic (exact) mass is 317 g/mol. The maximum absolute atomic E-state index is 12.7. The van der Waals surface area contributed by atoms with Crippen LogP contribution in [0.1, 0.15) is 41.0 Å². The zero-order valence-corrected chi connectivity index (χ0v) is 13.8. The van der Waals surface area contributed by atoms with E-state index in [4.69, 9.17) is 0 Å². The molecular weight excluding hydrogens is 294 g/mol. The van der Waals surface area contributed by atoms with Crippen molar-refractivity contribution in [3.63, 3.8) is 0 Å². The average molecular weight is 317 g/mol. The number of hydrogen-bond donors (Lipinski definition) is 1. The molecule has 1 aliphatic carbocycles.